The molecule has 0 saturated carbocycles. The molecule has 6 nitrogen and oxygen atoms in total. The molecule has 0 radical (unpaired) electrons. The highest BCUT2D eigenvalue weighted by molar-refractivity contribution is 8.00. The largest absolute Gasteiger partial charge is 0.492 e. The highest BCUT2D eigenvalue weighted by atomic mass is 32.2. The number of hydrogen-bond donors (Lipinski definition) is 1. The van der Waals surface area contributed by atoms with Crippen molar-refractivity contribution in [1.29, 1.82) is 0 Å². The lowest BCUT2D eigenvalue weighted by molar-refractivity contribution is -0.115. The molecule has 4 rings (SSSR count). The Hall–Kier alpha value is -3.58. The van der Waals surface area contributed by atoms with E-state index in [2.05, 4.69) is 15.5 Å². The molecule has 3 aromatic carbocycles. The van der Waals surface area contributed by atoms with E-state index in [1.807, 2.05) is 103 Å². The Kier molecular flexibility index (Phi) is 6.87. The van der Waals surface area contributed by atoms with Crippen LogP contribution in [0.3, 0.4) is 0 Å². The molecule has 0 fully saturated rings. The molecule has 4 aromatic rings. The molecule has 0 bridgehead atoms. The van der Waals surface area contributed by atoms with E-state index >= 15 is 0 Å². The molecular weight excluding hydrogens is 420 g/mol. The Morgan fingerprint density at radius 1 is 0.969 bits per heavy atom. The molecule has 0 aliphatic heterocycles. The number of amides is 1. The number of benzene rings is 3. The Bertz CT molecular complexity index is 1180. The highest BCUT2D eigenvalue weighted by Crippen LogP contribution is 2.37. The standard InChI is InChI=1S/C25H24N4O2S/c1-3-31-22-17-11-10-16-21(22)26-24(30)23(19-12-6-4-7-13-19)32-25-28-27-18(2)29(25)20-14-8-5-9-15-20/h4-17,23H,3H2,1-2H3,(H,26,30)/t23-/m0/s1. The fourth-order valence-electron chi connectivity index (χ4n) is 3.35. The van der Waals surface area contributed by atoms with Crippen molar-refractivity contribution in [2.24, 2.45) is 0 Å². The summed E-state index contributed by atoms with van der Waals surface area (Å²) in [5, 5.41) is 11.8. The minimum absolute atomic E-state index is 0.159. The van der Waals surface area contributed by atoms with Crippen molar-refractivity contribution in [3.63, 3.8) is 0 Å². The lowest BCUT2D eigenvalue weighted by Crippen LogP contribution is -2.20. The minimum atomic E-state index is -0.531. The molecule has 1 amide bonds. The van der Waals surface area contributed by atoms with Crippen molar-refractivity contribution in [3.8, 4) is 11.4 Å². The van der Waals surface area contributed by atoms with Gasteiger partial charge in [-0.1, -0.05) is 72.4 Å². The fourth-order valence-corrected chi connectivity index (χ4v) is 4.45. The molecule has 7 heteroatoms. The van der Waals surface area contributed by atoms with E-state index in [1.165, 1.54) is 11.8 Å². The van der Waals surface area contributed by atoms with Gasteiger partial charge in [0.25, 0.3) is 0 Å². The summed E-state index contributed by atoms with van der Waals surface area (Å²) in [6.45, 7) is 4.34. The van der Waals surface area contributed by atoms with Gasteiger partial charge >= 0.3 is 0 Å². The van der Waals surface area contributed by atoms with E-state index in [4.69, 9.17) is 4.74 Å². The zero-order chi connectivity index (χ0) is 22.3. The quantitative estimate of drug-likeness (QED) is 0.366. The maximum atomic E-state index is 13.5. The third kappa shape index (κ3) is 4.84. The second-order valence-electron chi connectivity index (χ2n) is 7.03. The van der Waals surface area contributed by atoms with Gasteiger partial charge < -0.3 is 10.1 Å². The van der Waals surface area contributed by atoms with Gasteiger partial charge in [0.2, 0.25) is 5.91 Å². The minimum Gasteiger partial charge on any atom is -0.492 e. The van der Waals surface area contributed by atoms with Crippen LogP contribution in [-0.2, 0) is 4.79 Å². The smallest absolute Gasteiger partial charge is 0.242 e. The highest BCUT2D eigenvalue weighted by Gasteiger charge is 2.26. The van der Waals surface area contributed by atoms with Gasteiger partial charge in [-0.05, 0) is 43.7 Å². The molecule has 162 valence electrons. The Morgan fingerprint density at radius 2 is 1.62 bits per heavy atom. The SMILES string of the molecule is CCOc1ccccc1NC(=O)[C@@H](Sc1nnc(C)n1-c1ccccc1)c1ccccc1. The van der Waals surface area contributed by atoms with E-state index in [0.717, 1.165) is 17.1 Å². The Labute approximate surface area is 191 Å². The lowest BCUT2D eigenvalue weighted by atomic mass is 10.1. The second-order valence-corrected chi connectivity index (χ2v) is 8.10. The molecule has 1 atom stereocenters. The molecular formula is C25H24N4O2S. The molecule has 32 heavy (non-hydrogen) atoms. The van der Waals surface area contributed by atoms with Gasteiger partial charge in [-0.3, -0.25) is 9.36 Å². The van der Waals surface area contributed by atoms with Crippen LogP contribution in [0.4, 0.5) is 5.69 Å². The molecule has 1 N–H and O–H groups in total. The van der Waals surface area contributed by atoms with Crippen LogP contribution in [0.15, 0.2) is 90.1 Å². The van der Waals surface area contributed by atoms with Gasteiger partial charge in [0.1, 0.15) is 16.8 Å². The van der Waals surface area contributed by atoms with Crippen LogP contribution in [-0.4, -0.2) is 27.3 Å². The van der Waals surface area contributed by atoms with Crippen LogP contribution < -0.4 is 10.1 Å². The summed E-state index contributed by atoms with van der Waals surface area (Å²) >= 11 is 1.37. The number of aromatic nitrogens is 3. The van der Waals surface area contributed by atoms with Crippen LogP contribution in [0.5, 0.6) is 5.75 Å². The molecule has 0 unspecified atom stereocenters. The molecule has 1 heterocycles. The third-order valence-corrected chi connectivity index (χ3v) is 6.02. The van der Waals surface area contributed by atoms with Crippen LogP contribution in [0, 0.1) is 6.92 Å². The van der Waals surface area contributed by atoms with E-state index in [1.54, 1.807) is 0 Å². The van der Waals surface area contributed by atoms with Crippen molar-refractivity contribution in [2.45, 2.75) is 24.3 Å². The van der Waals surface area contributed by atoms with Crippen molar-refractivity contribution < 1.29 is 9.53 Å². The van der Waals surface area contributed by atoms with Crippen LogP contribution in [0.1, 0.15) is 23.6 Å². The second kappa shape index (κ2) is 10.2. The summed E-state index contributed by atoms with van der Waals surface area (Å²) in [6, 6.07) is 27.0. The molecule has 0 spiro atoms. The number of para-hydroxylation sites is 3. The summed E-state index contributed by atoms with van der Waals surface area (Å²) in [5.41, 5.74) is 2.47. The average molecular weight is 445 g/mol. The predicted molar refractivity (Wildman–Crippen MR) is 127 cm³/mol. The van der Waals surface area contributed by atoms with Gasteiger partial charge in [-0.15, -0.1) is 10.2 Å². The summed E-state index contributed by atoms with van der Waals surface area (Å²) in [4.78, 5) is 13.5. The number of nitrogens with one attached hydrogen (secondary N) is 1. The number of rotatable bonds is 8. The van der Waals surface area contributed by atoms with Crippen LogP contribution in [0.2, 0.25) is 0 Å². The van der Waals surface area contributed by atoms with Gasteiger partial charge in [-0.25, -0.2) is 0 Å². The lowest BCUT2D eigenvalue weighted by Gasteiger charge is -2.18. The van der Waals surface area contributed by atoms with E-state index in [0.29, 0.717) is 23.2 Å². The van der Waals surface area contributed by atoms with Crippen LogP contribution >= 0.6 is 11.8 Å². The van der Waals surface area contributed by atoms with E-state index in [-0.39, 0.29) is 5.91 Å². The third-order valence-electron chi connectivity index (χ3n) is 4.82. The monoisotopic (exact) mass is 444 g/mol. The maximum Gasteiger partial charge on any atom is 0.242 e. The first-order valence-corrected chi connectivity index (χ1v) is 11.3. The van der Waals surface area contributed by atoms with Crippen LogP contribution in [0.25, 0.3) is 5.69 Å². The van der Waals surface area contributed by atoms with Crippen molar-refractivity contribution >= 4 is 23.4 Å². The number of anilines is 1. The van der Waals surface area contributed by atoms with Crippen molar-refractivity contribution in [3.05, 3.63) is 96.3 Å². The summed E-state index contributed by atoms with van der Waals surface area (Å²) < 4.78 is 7.63. The first kappa shape index (κ1) is 21.6. The maximum absolute atomic E-state index is 13.5. The number of carbonyl (C=O) groups is 1. The number of carbonyl (C=O) groups excluding carboxylic acids is 1. The van der Waals surface area contributed by atoms with Gasteiger partial charge in [0.05, 0.1) is 12.3 Å². The van der Waals surface area contributed by atoms with Crippen molar-refractivity contribution in [2.75, 3.05) is 11.9 Å². The normalized spacial score (nSPS) is 11.7. The number of ether oxygens (including phenoxy) is 1. The van der Waals surface area contributed by atoms with E-state index in [9.17, 15) is 4.79 Å². The summed E-state index contributed by atoms with van der Waals surface area (Å²) in [6.07, 6.45) is 0. The molecule has 0 saturated heterocycles. The topological polar surface area (TPSA) is 69.0 Å². The van der Waals surface area contributed by atoms with E-state index < -0.39 is 5.25 Å². The number of hydrogen-bond acceptors (Lipinski definition) is 5. The van der Waals surface area contributed by atoms with Crippen molar-refractivity contribution in [1.82, 2.24) is 14.8 Å². The first-order chi connectivity index (χ1) is 15.7. The summed E-state index contributed by atoms with van der Waals surface area (Å²) in [5.74, 6) is 1.24. The fraction of sp³-hybridized carbons (Fsp3) is 0.160. The van der Waals surface area contributed by atoms with Gasteiger partial charge in [0.15, 0.2) is 5.16 Å². The Morgan fingerprint density at radius 3 is 2.34 bits per heavy atom. The molecule has 0 aliphatic rings. The zero-order valence-electron chi connectivity index (χ0n) is 17.9. The Balaban J connectivity index is 1.67. The van der Waals surface area contributed by atoms with Gasteiger partial charge in [0, 0.05) is 5.69 Å². The average Bonchev–Trinajstić information content (AvgIpc) is 3.20. The number of thioether (sulfide) groups is 1. The molecule has 0 aliphatic carbocycles. The number of nitrogens with zero attached hydrogens (tertiary/aromatic N) is 3. The molecule has 1 aromatic heterocycles. The summed E-state index contributed by atoms with van der Waals surface area (Å²) in [7, 11) is 0. The zero-order valence-corrected chi connectivity index (χ0v) is 18.8. The van der Waals surface area contributed by atoms with Gasteiger partial charge in [-0.2, -0.15) is 0 Å². The first-order valence-electron chi connectivity index (χ1n) is 10.4. The predicted octanol–water partition coefficient (Wildman–Crippen LogP) is 5.45. The number of aryl methyl sites for hydroxylation is 1.